The molecule has 0 aliphatic rings. The van der Waals surface area contributed by atoms with Crippen LogP contribution >= 0.6 is 11.6 Å². The summed E-state index contributed by atoms with van der Waals surface area (Å²) in [6, 6.07) is 13.6. The number of aromatic nitrogens is 3. The molecule has 27 heavy (non-hydrogen) atoms. The van der Waals surface area contributed by atoms with Crippen molar-refractivity contribution in [3.8, 4) is 5.69 Å². The van der Waals surface area contributed by atoms with Crippen LogP contribution < -0.4 is 5.32 Å². The van der Waals surface area contributed by atoms with Crippen molar-refractivity contribution >= 4 is 23.2 Å². The molecule has 6 nitrogen and oxygen atoms in total. The molecule has 0 spiro atoms. The van der Waals surface area contributed by atoms with Crippen molar-refractivity contribution in [3.05, 3.63) is 71.3 Å². The highest BCUT2D eigenvalue weighted by molar-refractivity contribution is 6.31. The van der Waals surface area contributed by atoms with Crippen molar-refractivity contribution in [3.63, 3.8) is 0 Å². The summed E-state index contributed by atoms with van der Waals surface area (Å²) in [4.78, 5) is 18.4. The number of rotatable bonds is 6. The van der Waals surface area contributed by atoms with Gasteiger partial charge in [0.25, 0.3) is 0 Å². The van der Waals surface area contributed by atoms with Gasteiger partial charge in [-0.25, -0.2) is 9.67 Å². The van der Waals surface area contributed by atoms with Crippen LogP contribution in [0.3, 0.4) is 0 Å². The van der Waals surface area contributed by atoms with Crippen molar-refractivity contribution < 1.29 is 4.79 Å². The maximum atomic E-state index is 12.4. The molecule has 1 amide bonds. The summed E-state index contributed by atoms with van der Waals surface area (Å²) in [5.41, 5.74) is 3.78. The largest absolute Gasteiger partial charge is 0.325 e. The van der Waals surface area contributed by atoms with E-state index in [-0.39, 0.29) is 18.5 Å². The lowest BCUT2D eigenvalue weighted by Gasteiger charge is -2.25. The number of amides is 1. The first-order chi connectivity index (χ1) is 12.9. The SMILES string of the molecule is Cc1ccc(Cl)cc1NC(=O)CN(C)C(C)c1ccc(-n2cncn2)cc1. The smallest absolute Gasteiger partial charge is 0.238 e. The van der Waals surface area contributed by atoms with Gasteiger partial charge in [0, 0.05) is 16.8 Å². The van der Waals surface area contributed by atoms with Gasteiger partial charge in [-0.3, -0.25) is 9.69 Å². The zero-order valence-corrected chi connectivity index (χ0v) is 16.3. The molecule has 0 radical (unpaired) electrons. The monoisotopic (exact) mass is 383 g/mol. The minimum Gasteiger partial charge on any atom is -0.325 e. The van der Waals surface area contributed by atoms with Gasteiger partial charge in [-0.1, -0.05) is 29.8 Å². The normalized spacial score (nSPS) is 12.2. The molecule has 0 saturated carbocycles. The summed E-state index contributed by atoms with van der Waals surface area (Å²) in [7, 11) is 1.93. The Morgan fingerprint density at radius 3 is 2.67 bits per heavy atom. The molecule has 140 valence electrons. The summed E-state index contributed by atoms with van der Waals surface area (Å²) < 4.78 is 1.71. The quantitative estimate of drug-likeness (QED) is 0.702. The van der Waals surface area contributed by atoms with Crippen LogP contribution in [0.5, 0.6) is 0 Å². The molecular formula is C20H22ClN5O. The van der Waals surface area contributed by atoms with Crippen molar-refractivity contribution in [2.45, 2.75) is 19.9 Å². The third kappa shape index (κ3) is 4.72. The first-order valence-electron chi connectivity index (χ1n) is 8.65. The number of carbonyl (C=O) groups is 1. The van der Waals surface area contributed by atoms with Crippen LogP contribution in [0.4, 0.5) is 5.69 Å². The maximum absolute atomic E-state index is 12.4. The summed E-state index contributed by atoms with van der Waals surface area (Å²) in [6.45, 7) is 4.29. The van der Waals surface area contributed by atoms with Gasteiger partial charge in [-0.15, -0.1) is 0 Å². The fourth-order valence-corrected chi connectivity index (χ4v) is 2.96. The predicted octanol–water partition coefficient (Wildman–Crippen LogP) is 3.86. The molecule has 1 atom stereocenters. The van der Waals surface area contributed by atoms with Gasteiger partial charge >= 0.3 is 0 Å². The Morgan fingerprint density at radius 1 is 1.26 bits per heavy atom. The standard InChI is InChI=1S/C20H22ClN5O/c1-14-4-7-17(21)10-19(14)24-20(27)11-25(3)15(2)16-5-8-18(9-6-16)26-13-22-12-23-26/h4-10,12-13,15H,11H2,1-3H3,(H,24,27). The van der Waals surface area contributed by atoms with Crippen molar-refractivity contribution in [1.82, 2.24) is 19.7 Å². The first kappa shape index (κ1) is 19.1. The minimum absolute atomic E-state index is 0.0750. The number of likely N-dealkylation sites (N-methyl/N-ethyl adjacent to an activating group) is 1. The Hall–Kier alpha value is -2.70. The second-order valence-electron chi connectivity index (χ2n) is 6.53. The average Bonchev–Trinajstić information content (AvgIpc) is 3.19. The van der Waals surface area contributed by atoms with E-state index in [1.807, 2.05) is 55.3 Å². The van der Waals surface area contributed by atoms with Crippen molar-refractivity contribution in [1.29, 1.82) is 0 Å². The zero-order valence-electron chi connectivity index (χ0n) is 15.6. The lowest BCUT2D eigenvalue weighted by Crippen LogP contribution is -2.32. The highest BCUT2D eigenvalue weighted by Gasteiger charge is 2.16. The van der Waals surface area contributed by atoms with E-state index in [4.69, 9.17) is 11.6 Å². The molecule has 0 bridgehead atoms. The predicted molar refractivity (Wildman–Crippen MR) is 107 cm³/mol. The Morgan fingerprint density at radius 2 is 2.00 bits per heavy atom. The molecule has 2 aromatic carbocycles. The Balaban J connectivity index is 1.62. The molecule has 3 rings (SSSR count). The van der Waals surface area contributed by atoms with Gasteiger partial charge in [0.1, 0.15) is 12.7 Å². The van der Waals surface area contributed by atoms with E-state index in [0.717, 1.165) is 22.5 Å². The van der Waals surface area contributed by atoms with Gasteiger partial charge in [0.2, 0.25) is 5.91 Å². The Labute approximate surface area is 163 Å². The zero-order chi connectivity index (χ0) is 19.4. The number of halogens is 1. The highest BCUT2D eigenvalue weighted by atomic mass is 35.5. The molecule has 3 aromatic rings. The van der Waals surface area contributed by atoms with E-state index in [0.29, 0.717) is 5.02 Å². The van der Waals surface area contributed by atoms with Crippen LogP contribution in [0.1, 0.15) is 24.1 Å². The van der Waals surface area contributed by atoms with Gasteiger partial charge in [-0.05, 0) is 56.3 Å². The second kappa shape index (κ2) is 8.33. The van der Waals surface area contributed by atoms with E-state index in [2.05, 4.69) is 22.3 Å². The lowest BCUT2D eigenvalue weighted by molar-refractivity contribution is -0.117. The number of hydrogen-bond acceptors (Lipinski definition) is 4. The fourth-order valence-electron chi connectivity index (χ4n) is 2.78. The fraction of sp³-hybridized carbons (Fsp3) is 0.250. The van der Waals surface area contributed by atoms with Gasteiger partial charge in [0.05, 0.1) is 12.2 Å². The third-order valence-corrected chi connectivity index (χ3v) is 4.82. The maximum Gasteiger partial charge on any atom is 0.238 e. The van der Waals surface area contributed by atoms with Gasteiger partial charge < -0.3 is 5.32 Å². The van der Waals surface area contributed by atoms with E-state index in [9.17, 15) is 4.79 Å². The number of nitrogens with zero attached hydrogens (tertiary/aromatic N) is 4. The first-order valence-corrected chi connectivity index (χ1v) is 9.03. The van der Waals surface area contributed by atoms with Crippen LogP contribution in [-0.2, 0) is 4.79 Å². The number of carbonyl (C=O) groups excluding carboxylic acids is 1. The molecule has 0 aliphatic carbocycles. The number of benzene rings is 2. The lowest BCUT2D eigenvalue weighted by atomic mass is 10.1. The molecule has 1 unspecified atom stereocenters. The van der Waals surface area contributed by atoms with E-state index < -0.39 is 0 Å². The third-order valence-electron chi connectivity index (χ3n) is 4.59. The topological polar surface area (TPSA) is 63.1 Å². The van der Waals surface area contributed by atoms with Crippen LogP contribution in [0, 0.1) is 6.92 Å². The minimum atomic E-state index is -0.0750. The average molecular weight is 384 g/mol. The Kier molecular flexibility index (Phi) is 5.88. The summed E-state index contributed by atoms with van der Waals surface area (Å²) >= 11 is 6.01. The summed E-state index contributed by atoms with van der Waals surface area (Å²) in [6.07, 6.45) is 3.16. The number of aryl methyl sites for hydroxylation is 1. The molecular weight excluding hydrogens is 362 g/mol. The Bertz CT molecular complexity index is 909. The number of anilines is 1. The van der Waals surface area contributed by atoms with Crippen LogP contribution in [0.25, 0.3) is 5.69 Å². The number of hydrogen-bond donors (Lipinski definition) is 1. The molecule has 7 heteroatoms. The van der Waals surface area contributed by atoms with Crippen LogP contribution in [-0.4, -0.2) is 39.2 Å². The summed E-state index contributed by atoms with van der Waals surface area (Å²) in [5.74, 6) is -0.0750. The van der Waals surface area contributed by atoms with E-state index in [1.54, 1.807) is 17.1 Å². The van der Waals surface area contributed by atoms with Gasteiger partial charge in [0.15, 0.2) is 0 Å². The van der Waals surface area contributed by atoms with Crippen molar-refractivity contribution in [2.75, 3.05) is 18.9 Å². The molecule has 0 saturated heterocycles. The van der Waals surface area contributed by atoms with E-state index in [1.165, 1.54) is 6.33 Å². The van der Waals surface area contributed by atoms with Crippen LogP contribution in [0.15, 0.2) is 55.1 Å². The highest BCUT2D eigenvalue weighted by Crippen LogP contribution is 2.22. The molecule has 0 fully saturated rings. The van der Waals surface area contributed by atoms with E-state index >= 15 is 0 Å². The summed E-state index contributed by atoms with van der Waals surface area (Å²) in [5, 5.41) is 7.66. The van der Waals surface area contributed by atoms with Crippen molar-refractivity contribution in [2.24, 2.45) is 0 Å². The molecule has 1 N–H and O–H groups in total. The molecule has 0 aliphatic heterocycles. The molecule has 1 aromatic heterocycles. The van der Waals surface area contributed by atoms with Gasteiger partial charge in [-0.2, -0.15) is 5.10 Å². The van der Waals surface area contributed by atoms with Crippen LogP contribution in [0.2, 0.25) is 5.02 Å². The number of nitrogens with one attached hydrogen (secondary N) is 1. The molecule has 1 heterocycles. The second-order valence-corrected chi connectivity index (χ2v) is 6.97.